The summed E-state index contributed by atoms with van der Waals surface area (Å²) in [5.41, 5.74) is 4.62. The van der Waals surface area contributed by atoms with E-state index >= 15 is 0 Å². The molecule has 0 saturated carbocycles. The highest BCUT2D eigenvalue weighted by molar-refractivity contribution is 8.08. The Morgan fingerprint density at radius 3 is 2.12 bits per heavy atom. The van der Waals surface area contributed by atoms with Gasteiger partial charge in [-0.25, -0.2) is 8.57 Å². The molecule has 5 heteroatoms. The Hall–Kier alpha value is -1.36. The molecule has 0 bridgehead atoms. The second-order valence-electron chi connectivity index (χ2n) is 4.42. The summed E-state index contributed by atoms with van der Waals surface area (Å²) in [5.74, 6) is 0. The highest BCUT2D eigenvalue weighted by Gasteiger charge is 2.23. The maximum atomic E-state index is 12.5. The molecule has 0 aliphatic rings. The molecule has 0 radical (unpaired) electrons. The average molecular weight is 240 g/mol. The van der Waals surface area contributed by atoms with Gasteiger partial charge in [0, 0.05) is 0 Å². The molecule has 0 fully saturated rings. The highest BCUT2D eigenvalue weighted by atomic mass is 32.2. The summed E-state index contributed by atoms with van der Waals surface area (Å²) in [7, 11) is -3.18. The summed E-state index contributed by atoms with van der Waals surface area (Å²) in [5, 5.41) is -0.895. The zero-order valence-electron chi connectivity index (χ0n) is 9.64. The van der Waals surface area contributed by atoms with Crippen molar-refractivity contribution < 1.29 is 9.00 Å². The topological polar surface area (TPSA) is 72.5 Å². The van der Waals surface area contributed by atoms with E-state index in [1.54, 1.807) is 51.1 Å². The number of carbonyl (C=O) groups excluding carboxylic acids is 1. The molecule has 0 heterocycles. The summed E-state index contributed by atoms with van der Waals surface area (Å²) in [6, 6.07) is 8.39. The SMILES string of the molecule is CC(C)(C)N=S(=O)(C(N)=O)c1ccccc1. The molecule has 1 aromatic rings. The molecule has 2 N–H and O–H groups in total. The average Bonchev–Trinajstić information content (AvgIpc) is 2.16. The van der Waals surface area contributed by atoms with Gasteiger partial charge >= 0.3 is 5.24 Å². The van der Waals surface area contributed by atoms with Crippen LogP contribution in [0.3, 0.4) is 0 Å². The molecule has 0 aliphatic heterocycles. The molecule has 0 saturated heterocycles. The van der Waals surface area contributed by atoms with Crippen LogP contribution in [0.5, 0.6) is 0 Å². The number of primary amides is 1. The zero-order valence-corrected chi connectivity index (χ0v) is 10.5. The Bertz CT molecular complexity index is 494. The van der Waals surface area contributed by atoms with Crippen LogP contribution in [0.4, 0.5) is 4.79 Å². The van der Waals surface area contributed by atoms with Crippen LogP contribution in [-0.4, -0.2) is 15.0 Å². The van der Waals surface area contributed by atoms with E-state index in [0.717, 1.165) is 0 Å². The van der Waals surface area contributed by atoms with Crippen LogP contribution < -0.4 is 5.73 Å². The first kappa shape index (κ1) is 12.7. The van der Waals surface area contributed by atoms with Gasteiger partial charge < -0.3 is 5.73 Å². The fourth-order valence-corrected chi connectivity index (χ4v) is 2.93. The lowest BCUT2D eigenvalue weighted by Gasteiger charge is -2.15. The Morgan fingerprint density at radius 1 is 1.25 bits per heavy atom. The number of rotatable bonds is 1. The lowest BCUT2D eigenvalue weighted by Crippen LogP contribution is -2.25. The summed E-state index contributed by atoms with van der Waals surface area (Å²) >= 11 is 0. The molecule has 16 heavy (non-hydrogen) atoms. The minimum atomic E-state index is -3.18. The van der Waals surface area contributed by atoms with Gasteiger partial charge in [0.2, 0.25) is 0 Å². The number of benzene rings is 1. The summed E-state index contributed by atoms with van der Waals surface area (Å²) in [6.45, 7) is 5.33. The van der Waals surface area contributed by atoms with E-state index in [1.165, 1.54) is 0 Å². The fourth-order valence-electron chi connectivity index (χ4n) is 1.20. The molecule has 1 unspecified atom stereocenters. The smallest absolute Gasteiger partial charge is 0.319 e. The van der Waals surface area contributed by atoms with Crippen molar-refractivity contribution in [2.75, 3.05) is 0 Å². The Kier molecular flexibility index (Phi) is 3.38. The third kappa shape index (κ3) is 2.82. The van der Waals surface area contributed by atoms with Gasteiger partial charge in [-0.1, -0.05) is 18.2 Å². The lowest BCUT2D eigenvalue weighted by atomic mass is 10.1. The number of hydrogen-bond donors (Lipinski definition) is 1. The first-order chi connectivity index (χ1) is 7.26. The minimum Gasteiger partial charge on any atom is -0.357 e. The van der Waals surface area contributed by atoms with Gasteiger partial charge in [-0.05, 0) is 32.9 Å². The molecule has 0 spiro atoms. The number of hydrogen-bond acceptors (Lipinski definition) is 3. The summed E-state index contributed by atoms with van der Waals surface area (Å²) in [4.78, 5) is 11.7. The van der Waals surface area contributed by atoms with Crippen molar-refractivity contribution in [1.29, 1.82) is 0 Å². The van der Waals surface area contributed by atoms with Gasteiger partial charge in [-0.3, -0.25) is 4.79 Å². The van der Waals surface area contributed by atoms with Gasteiger partial charge in [0.1, 0.15) is 0 Å². The quantitative estimate of drug-likeness (QED) is 0.818. The normalized spacial score (nSPS) is 15.2. The molecule has 88 valence electrons. The van der Waals surface area contributed by atoms with Crippen LogP contribution in [0.2, 0.25) is 0 Å². The number of carbonyl (C=O) groups is 1. The van der Waals surface area contributed by atoms with Crippen molar-refractivity contribution in [2.45, 2.75) is 31.2 Å². The van der Waals surface area contributed by atoms with Gasteiger partial charge in [-0.2, -0.15) is 0 Å². The van der Waals surface area contributed by atoms with Gasteiger partial charge in [0.05, 0.1) is 10.4 Å². The molecule has 1 rings (SSSR count). The van der Waals surface area contributed by atoms with Crippen molar-refractivity contribution in [3.63, 3.8) is 0 Å². The van der Waals surface area contributed by atoms with E-state index < -0.39 is 20.5 Å². The van der Waals surface area contributed by atoms with Crippen molar-refractivity contribution in [3.8, 4) is 0 Å². The van der Waals surface area contributed by atoms with Crippen LogP contribution in [0, 0.1) is 0 Å². The van der Waals surface area contributed by atoms with Crippen LogP contribution in [0.25, 0.3) is 0 Å². The maximum absolute atomic E-state index is 12.5. The Balaban J connectivity index is 3.48. The largest absolute Gasteiger partial charge is 0.357 e. The van der Waals surface area contributed by atoms with Crippen molar-refractivity contribution in [1.82, 2.24) is 0 Å². The first-order valence-electron chi connectivity index (χ1n) is 4.88. The van der Waals surface area contributed by atoms with Crippen LogP contribution in [0.15, 0.2) is 39.6 Å². The Morgan fingerprint density at radius 2 is 1.75 bits per heavy atom. The number of nitrogens with zero attached hydrogens (tertiary/aromatic N) is 1. The van der Waals surface area contributed by atoms with Crippen molar-refractivity contribution in [3.05, 3.63) is 30.3 Å². The standard InChI is InChI=1S/C11H16N2O2S/c1-11(2,3)13-16(15,10(12)14)9-7-5-4-6-8-9/h4-8H,1-3H3,(H2,12,14). The second-order valence-corrected chi connectivity index (χ2v) is 6.53. The third-order valence-corrected chi connectivity index (χ3v) is 4.00. The molecule has 1 aromatic carbocycles. The number of amides is 1. The van der Waals surface area contributed by atoms with Gasteiger partial charge in [0.15, 0.2) is 9.73 Å². The lowest BCUT2D eigenvalue weighted by molar-refractivity contribution is 0.266. The highest BCUT2D eigenvalue weighted by Crippen LogP contribution is 2.19. The molecule has 0 aromatic heterocycles. The molecule has 4 nitrogen and oxygen atoms in total. The molecule has 0 aliphatic carbocycles. The monoisotopic (exact) mass is 240 g/mol. The first-order valence-corrected chi connectivity index (χ1v) is 6.40. The van der Waals surface area contributed by atoms with Crippen LogP contribution in [0.1, 0.15) is 20.8 Å². The zero-order chi connectivity index (χ0) is 12.4. The van der Waals surface area contributed by atoms with E-state index in [0.29, 0.717) is 4.90 Å². The summed E-state index contributed by atoms with van der Waals surface area (Å²) < 4.78 is 16.5. The molecular formula is C11H16N2O2S. The van der Waals surface area contributed by atoms with Gasteiger partial charge in [0.25, 0.3) is 0 Å². The van der Waals surface area contributed by atoms with E-state index in [2.05, 4.69) is 4.36 Å². The van der Waals surface area contributed by atoms with E-state index in [-0.39, 0.29) is 0 Å². The Labute approximate surface area is 96.0 Å². The second kappa shape index (κ2) is 4.25. The van der Waals surface area contributed by atoms with Crippen LogP contribution in [-0.2, 0) is 9.73 Å². The van der Waals surface area contributed by atoms with E-state index in [1.807, 2.05) is 0 Å². The maximum Gasteiger partial charge on any atom is 0.319 e. The predicted molar refractivity (Wildman–Crippen MR) is 64.6 cm³/mol. The van der Waals surface area contributed by atoms with Crippen molar-refractivity contribution >= 4 is 15.0 Å². The van der Waals surface area contributed by atoms with E-state index in [9.17, 15) is 9.00 Å². The predicted octanol–water partition coefficient (Wildman–Crippen LogP) is 2.39. The van der Waals surface area contributed by atoms with E-state index in [4.69, 9.17) is 5.73 Å². The molecule has 1 amide bonds. The van der Waals surface area contributed by atoms with Crippen molar-refractivity contribution in [2.24, 2.45) is 10.1 Å². The van der Waals surface area contributed by atoms with Gasteiger partial charge in [-0.15, -0.1) is 0 Å². The molecular weight excluding hydrogens is 224 g/mol. The fraction of sp³-hybridized carbons (Fsp3) is 0.364. The minimum absolute atomic E-state index is 0.359. The third-order valence-electron chi connectivity index (χ3n) is 1.74. The van der Waals surface area contributed by atoms with Crippen LogP contribution >= 0.6 is 0 Å². The number of nitrogens with two attached hydrogens (primary N) is 1. The summed E-state index contributed by atoms with van der Waals surface area (Å²) in [6.07, 6.45) is 0. The molecule has 1 atom stereocenters.